The van der Waals surface area contributed by atoms with Gasteiger partial charge < -0.3 is 9.84 Å². The molecule has 1 aliphatic rings. The van der Waals surface area contributed by atoms with Crippen LogP contribution in [-0.4, -0.2) is 34.3 Å². The Hall–Kier alpha value is -1.23. The van der Waals surface area contributed by atoms with Crippen LogP contribution in [0.3, 0.4) is 0 Å². The van der Waals surface area contributed by atoms with Crippen molar-refractivity contribution in [2.45, 2.75) is 66.6 Å². The molecule has 120 valence electrons. The Balaban J connectivity index is 3.49. The lowest BCUT2D eigenvalue weighted by Crippen LogP contribution is -2.70. The average Bonchev–Trinajstić information content (AvgIpc) is 2.31. The van der Waals surface area contributed by atoms with E-state index in [9.17, 15) is 19.5 Å². The maximum Gasteiger partial charge on any atom is 0.303 e. The van der Waals surface area contributed by atoms with Gasteiger partial charge in [0.1, 0.15) is 6.10 Å². The summed E-state index contributed by atoms with van der Waals surface area (Å²) in [6, 6.07) is 0. The monoisotopic (exact) mass is 298 g/mol. The minimum absolute atomic E-state index is 0.0109. The molecule has 5 heteroatoms. The molecular formula is C16H26O5. The standard InChI is InChI=1S/C16H26O5/c1-9(2)8-16(20)12(19)14(4,5)11(18)15(6,7)13(16)21-10(3)17/h9,13,20H,8H2,1-7H3/t13-,16+/m1/s1. The SMILES string of the molecule is CC(=O)O[C@@H]1C(C)(C)C(=O)C(C)(C)C(=O)[C@@]1(O)CC(C)C. The quantitative estimate of drug-likeness (QED) is 0.636. The van der Waals surface area contributed by atoms with Crippen LogP contribution in [-0.2, 0) is 19.1 Å². The summed E-state index contributed by atoms with van der Waals surface area (Å²) in [4.78, 5) is 36.7. The van der Waals surface area contributed by atoms with Crippen molar-refractivity contribution in [2.75, 3.05) is 0 Å². The van der Waals surface area contributed by atoms with Gasteiger partial charge >= 0.3 is 5.97 Å². The zero-order valence-electron chi connectivity index (χ0n) is 13.9. The molecule has 21 heavy (non-hydrogen) atoms. The highest BCUT2D eigenvalue weighted by molar-refractivity contribution is 6.15. The number of ether oxygens (including phenoxy) is 1. The minimum atomic E-state index is -1.85. The summed E-state index contributed by atoms with van der Waals surface area (Å²) < 4.78 is 5.23. The van der Waals surface area contributed by atoms with Crippen LogP contribution < -0.4 is 0 Å². The summed E-state index contributed by atoms with van der Waals surface area (Å²) in [5.41, 5.74) is -4.28. The second-order valence-electron chi connectivity index (χ2n) is 7.52. The van der Waals surface area contributed by atoms with E-state index in [2.05, 4.69) is 0 Å². The highest BCUT2D eigenvalue weighted by Crippen LogP contribution is 2.48. The molecule has 1 fully saturated rings. The number of ketones is 2. The van der Waals surface area contributed by atoms with Crippen LogP contribution in [0.5, 0.6) is 0 Å². The molecule has 1 N–H and O–H groups in total. The highest BCUT2D eigenvalue weighted by atomic mass is 16.6. The van der Waals surface area contributed by atoms with Gasteiger partial charge in [0, 0.05) is 6.92 Å². The summed E-state index contributed by atoms with van der Waals surface area (Å²) in [5.74, 6) is -1.49. The van der Waals surface area contributed by atoms with Crippen LogP contribution in [0.1, 0.15) is 54.9 Å². The average molecular weight is 298 g/mol. The number of aliphatic hydroxyl groups is 1. The van der Waals surface area contributed by atoms with Gasteiger partial charge in [-0.25, -0.2) is 0 Å². The molecule has 0 heterocycles. The van der Waals surface area contributed by atoms with Gasteiger partial charge in [-0.1, -0.05) is 13.8 Å². The highest BCUT2D eigenvalue weighted by Gasteiger charge is 2.66. The van der Waals surface area contributed by atoms with Crippen LogP contribution in [0, 0.1) is 16.7 Å². The van der Waals surface area contributed by atoms with E-state index < -0.39 is 34.3 Å². The third kappa shape index (κ3) is 2.76. The lowest BCUT2D eigenvalue weighted by atomic mass is 9.54. The van der Waals surface area contributed by atoms with Gasteiger partial charge in [0.25, 0.3) is 0 Å². The maximum atomic E-state index is 12.7. The molecular weight excluding hydrogens is 272 g/mol. The molecule has 0 unspecified atom stereocenters. The predicted octanol–water partition coefficient (Wildman–Crippen LogP) is 1.90. The van der Waals surface area contributed by atoms with Crippen LogP contribution in [0.25, 0.3) is 0 Å². The number of carbonyl (C=O) groups excluding carboxylic acids is 3. The van der Waals surface area contributed by atoms with Crippen LogP contribution in [0.15, 0.2) is 0 Å². The molecule has 0 amide bonds. The Morgan fingerprint density at radius 2 is 1.67 bits per heavy atom. The predicted molar refractivity (Wildman–Crippen MR) is 77.5 cm³/mol. The lowest BCUT2D eigenvalue weighted by Gasteiger charge is -2.51. The van der Waals surface area contributed by atoms with Gasteiger partial charge in [0.2, 0.25) is 0 Å². The maximum absolute atomic E-state index is 12.7. The smallest absolute Gasteiger partial charge is 0.303 e. The van der Waals surface area contributed by atoms with E-state index in [0.717, 1.165) is 0 Å². The van der Waals surface area contributed by atoms with Crippen molar-refractivity contribution in [2.24, 2.45) is 16.7 Å². The first-order chi connectivity index (χ1) is 9.27. The summed E-state index contributed by atoms with van der Waals surface area (Å²) in [6.45, 7) is 11.2. The van der Waals surface area contributed by atoms with E-state index in [0.29, 0.717) is 0 Å². The van der Waals surface area contributed by atoms with Crippen molar-refractivity contribution < 1.29 is 24.2 Å². The Labute approximate surface area is 126 Å². The number of rotatable bonds is 3. The number of Topliss-reactive ketones (excluding diaryl/α,β-unsaturated/α-hetero) is 2. The molecule has 1 aliphatic carbocycles. The minimum Gasteiger partial charge on any atom is -0.458 e. The first-order valence-corrected chi connectivity index (χ1v) is 7.27. The second kappa shape index (κ2) is 5.20. The molecule has 2 atom stereocenters. The number of hydrogen-bond donors (Lipinski definition) is 1. The van der Waals surface area contributed by atoms with E-state index in [4.69, 9.17) is 4.74 Å². The largest absolute Gasteiger partial charge is 0.458 e. The van der Waals surface area contributed by atoms with Gasteiger partial charge in [-0.05, 0) is 40.0 Å². The first-order valence-electron chi connectivity index (χ1n) is 7.27. The van der Waals surface area contributed by atoms with Gasteiger partial charge in [-0.3, -0.25) is 14.4 Å². The van der Waals surface area contributed by atoms with E-state index in [-0.39, 0.29) is 18.1 Å². The van der Waals surface area contributed by atoms with Gasteiger partial charge in [-0.15, -0.1) is 0 Å². The van der Waals surface area contributed by atoms with Crippen molar-refractivity contribution >= 4 is 17.5 Å². The Morgan fingerprint density at radius 3 is 2.05 bits per heavy atom. The van der Waals surface area contributed by atoms with Crippen molar-refractivity contribution in [3.63, 3.8) is 0 Å². The van der Waals surface area contributed by atoms with Crippen LogP contribution in [0.4, 0.5) is 0 Å². The molecule has 5 nitrogen and oxygen atoms in total. The molecule has 0 radical (unpaired) electrons. The second-order valence-corrected chi connectivity index (χ2v) is 7.52. The van der Waals surface area contributed by atoms with Crippen molar-refractivity contribution in [3.8, 4) is 0 Å². The molecule has 1 rings (SSSR count). The summed E-state index contributed by atoms with van der Waals surface area (Å²) in [5, 5.41) is 11.0. The molecule has 0 aromatic carbocycles. The summed E-state index contributed by atoms with van der Waals surface area (Å²) >= 11 is 0. The molecule has 0 aromatic heterocycles. The topological polar surface area (TPSA) is 80.7 Å². The van der Waals surface area contributed by atoms with Crippen molar-refractivity contribution in [1.29, 1.82) is 0 Å². The van der Waals surface area contributed by atoms with Crippen LogP contribution >= 0.6 is 0 Å². The molecule has 0 spiro atoms. The normalized spacial score (nSPS) is 31.4. The first kappa shape index (κ1) is 17.8. The van der Waals surface area contributed by atoms with E-state index >= 15 is 0 Å². The van der Waals surface area contributed by atoms with E-state index in [1.54, 1.807) is 13.8 Å². The number of esters is 1. The molecule has 0 saturated heterocycles. The zero-order valence-corrected chi connectivity index (χ0v) is 13.9. The van der Waals surface area contributed by atoms with E-state index in [1.807, 2.05) is 13.8 Å². The molecule has 0 aromatic rings. The lowest BCUT2D eigenvalue weighted by molar-refractivity contribution is -0.206. The number of hydrogen-bond acceptors (Lipinski definition) is 5. The van der Waals surface area contributed by atoms with Gasteiger partial charge in [0.05, 0.1) is 10.8 Å². The summed E-state index contributed by atoms with van der Waals surface area (Å²) in [6.07, 6.45) is -1.03. The molecule has 1 saturated carbocycles. The third-order valence-electron chi connectivity index (χ3n) is 4.21. The Bertz CT molecular complexity index is 475. The Morgan fingerprint density at radius 1 is 1.19 bits per heavy atom. The van der Waals surface area contributed by atoms with E-state index in [1.165, 1.54) is 20.8 Å². The third-order valence-corrected chi connectivity index (χ3v) is 4.21. The van der Waals surface area contributed by atoms with Gasteiger partial charge in [0.15, 0.2) is 17.2 Å². The fraction of sp³-hybridized carbons (Fsp3) is 0.812. The molecule has 0 bridgehead atoms. The fourth-order valence-corrected chi connectivity index (χ4v) is 3.52. The van der Waals surface area contributed by atoms with Crippen molar-refractivity contribution in [1.82, 2.24) is 0 Å². The molecule has 0 aliphatic heterocycles. The van der Waals surface area contributed by atoms with Crippen molar-refractivity contribution in [3.05, 3.63) is 0 Å². The summed E-state index contributed by atoms with van der Waals surface area (Å²) in [7, 11) is 0. The fourth-order valence-electron chi connectivity index (χ4n) is 3.52. The van der Waals surface area contributed by atoms with Crippen LogP contribution in [0.2, 0.25) is 0 Å². The number of carbonyl (C=O) groups is 3. The van der Waals surface area contributed by atoms with Gasteiger partial charge in [-0.2, -0.15) is 0 Å². The Kier molecular flexibility index (Phi) is 4.41. The zero-order chi connectivity index (χ0) is 16.8.